The molecule has 0 spiro atoms. The molecular weight excluding hydrogens is 288 g/mol. The van der Waals surface area contributed by atoms with Crippen molar-refractivity contribution in [1.29, 1.82) is 0 Å². The minimum Gasteiger partial charge on any atom is -0.350 e. The zero-order chi connectivity index (χ0) is 15.8. The van der Waals surface area contributed by atoms with E-state index in [4.69, 9.17) is 5.73 Å². The summed E-state index contributed by atoms with van der Waals surface area (Å²) in [5, 5.41) is 8.38. The molecular formula is C18H18N4O. The van der Waals surface area contributed by atoms with Crippen LogP contribution < -0.4 is 11.1 Å². The number of hydrogen-bond acceptors (Lipinski definition) is 3. The van der Waals surface area contributed by atoms with Crippen LogP contribution in [0, 0.1) is 0 Å². The Bertz CT molecular complexity index is 870. The quantitative estimate of drug-likeness (QED) is 0.774. The van der Waals surface area contributed by atoms with Crippen molar-refractivity contribution in [2.24, 2.45) is 5.73 Å². The summed E-state index contributed by atoms with van der Waals surface area (Å²) < 4.78 is 1.72. The van der Waals surface area contributed by atoms with Crippen molar-refractivity contribution in [3.05, 3.63) is 65.9 Å². The van der Waals surface area contributed by atoms with Crippen LogP contribution in [-0.4, -0.2) is 21.7 Å². The third kappa shape index (κ3) is 2.49. The Kier molecular flexibility index (Phi) is 3.35. The predicted octanol–water partition coefficient (Wildman–Crippen LogP) is 1.78. The van der Waals surface area contributed by atoms with Gasteiger partial charge in [-0.3, -0.25) is 9.48 Å². The number of aromatic nitrogens is 2. The molecule has 1 aromatic heterocycles. The van der Waals surface area contributed by atoms with Crippen molar-refractivity contribution in [3.8, 4) is 0 Å². The van der Waals surface area contributed by atoms with E-state index >= 15 is 0 Å². The number of benzene rings is 2. The lowest BCUT2D eigenvalue weighted by molar-refractivity contribution is -0.122. The molecule has 0 radical (unpaired) electrons. The number of hydrogen-bond donors (Lipinski definition) is 2. The summed E-state index contributed by atoms with van der Waals surface area (Å²) in [6.07, 6.45) is 2.56. The monoisotopic (exact) mass is 306 g/mol. The van der Waals surface area contributed by atoms with Gasteiger partial charge in [0.15, 0.2) is 0 Å². The van der Waals surface area contributed by atoms with Crippen LogP contribution in [0.15, 0.2) is 54.7 Å². The first-order valence-electron chi connectivity index (χ1n) is 7.75. The molecule has 4 rings (SSSR count). The third-order valence-corrected chi connectivity index (χ3v) is 4.48. The van der Waals surface area contributed by atoms with Crippen LogP contribution in [0.3, 0.4) is 0 Å². The lowest BCUT2D eigenvalue weighted by Gasteiger charge is -2.18. The van der Waals surface area contributed by atoms with E-state index in [9.17, 15) is 4.79 Å². The maximum atomic E-state index is 12.4. The number of nitrogens with one attached hydrogen (secondary N) is 1. The molecule has 2 atom stereocenters. The van der Waals surface area contributed by atoms with Crippen molar-refractivity contribution in [2.75, 3.05) is 0 Å². The summed E-state index contributed by atoms with van der Waals surface area (Å²) in [5.41, 5.74) is 9.57. The van der Waals surface area contributed by atoms with Gasteiger partial charge in [0.2, 0.25) is 5.91 Å². The van der Waals surface area contributed by atoms with Gasteiger partial charge in [-0.25, -0.2) is 0 Å². The number of carbonyl (C=O) groups is 1. The topological polar surface area (TPSA) is 72.9 Å². The molecule has 5 heteroatoms. The molecule has 1 aliphatic carbocycles. The molecule has 5 nitrogen and oxygen atoms in total. The minimum absolute atomic E-state index is 0.0540. The van der Waals surface area contributed by atoms with E-state index in [0.717, 1.165) is 22.9 Å². The molecule has 0 saturated heterocycles. The van der Waals surface area contributed by atoms with E-state index in [1.165, 1.54) is 5.56 Å². The highest BCUT2D eigenvalue weighted by Gasteiger charge is 2.30. The molecule has 0 unspecified atom stereocenters. The Morgan fingerprint density at radius 1 is 1.22 bits per heavy atom. The summed E-state index contributed by atoms with van der Waals surface area (Å²) in [4.78, 5) is 12.4. The maximum absolute atomic E-state index is 12.4. The molecule has 116 valence electrons. The van der Waals surface area contributed by atoms with Crippen molar-refractivity contribution >= 4 is 16.8 Å². The Hall–Kier alpha value is -2.66. The average molecular weight is 306 g/mol. The highest BCUT2D eigenvalue weighted by Crippen LogP contribution is 2.29. The van der Waals surface area contributed by atoms with Crippen LogP contribution >= 0.6 is 0 Å². The zero-order valence-electron chi connectivity index (χ0n) is 12.6. The third-order valence-electron chi connectivity index (χ3n) is 4.48. The number of para-hydroxylation sites is 1. The fourth-order valence-corrected chi connectivity index (χ4v) is 3.31. The van der Waals surface area contributed by atoms with E-state index < -0.39 is 0 Å². The van der Waals surface area contributed by atoms with Crippen molar-refractivity contribution < 1.29 is 4.79 Å². The fraction of sp³-hybridized carbons (Fsp3) is 0.222. The molecule has 0 aliphatic heterocycles. The van der Waals surface area contributed by atoms with Gasteiger partial charge in [-0.15, -0.1) is 0 Å². The van der Waals surface area contributed by atoms with Gasteiger partial charge in [-0.05, 0) is 23.6 Å². The summed E-state index contributed by atoms with van der Waals surface area (Å²) in [5.74, 6) is -0.0629. The second-order valence-corrected chi connectivity index (χ2v) is 5.96. The van der Waals surface area contributed by atoms with Gasteiger partial charge >= 0.3 is 0 Å². The number of nitrogens with zero attached hydrogens (tertiary/aromatic N) is 2. The van der Waals surface area contributed by atoms with Gasteiger partial charge < -0.3 is 11.1 Å². The summed E-state index contributed by atoms with van der Waals surface area (Å²) in [7, 11) is 0. The van der Waals surface area contributed by atoms with Crippen molar-refractivity contribution in [2.45, 2.75) is 25.0 Å². The first-order chi connectivity index (χ1) is 11.2. The van der Waals surface area contributed by atoms with Gasteiger partial charge in [0.05, 0.1) is 23.8 Å². The first-order valence-corrected chi connectivity index (χ1v) is 7.75. The molecule has 3 aromatic rings. The van der Waals surface area contributed by atoms with Crippen LogP contribution in [0.1, 0.15) is 17.2 Å². The number of nitrogens with two attached hydrogens (primary N) is 1. The number of carbonyl (C=O) groups excluding carboxylic acids is 1. The van der Waals surface area contributed by atoms with E-state index in [1.807, 2.05) is 42.5 Å². The summed E-state index contributed by atoms with van der Waals surface area (Å²) in [6, 6.07) is 15.8. The molecule has 1 aliphatic rings. The first kappa shape index (κ1) is 14.0. The Labute approximate surface area is 134 Å². The minimum atomic E-state index is -0.149. The van der Waals surface area contributed by atoms with Gasteiger partial charge in [-0.1, -0.05) is 42.5 Å². The Morgan fingerprint density at radius 3 is 2.87 bits per heavy atom. The fourth-order valence-electron chi connectivity index (χ4n) is 3.31. The van der Waals surface area contributed by atoms with Crippen LogP contribution in [0.2, 0.25) is 0 Å². The molecule has 0 bridgehead atoms. The molecule has 2 aromatic carbocycles. The maximum Gasteiger partial charge on any atom is 0.242 e. The Morgan fingerprint density at radius 2 is 2.00 bits per heavy atom. The molecule has 0 saturated carbocycles. The second kappa shape index (κ2) is 5.52. The molecule has 1 amide bonds. The Balaban J connectivity index is 1.47. The lowest BCUT2D eigenvalue weighted by Crippen LogP contribution is -2.42. The number of amides is 1. The average Bonchev–Trinajstić information content (AvgIpc) is 3.10. The van der Waals surface area contributed by atoms with Crippen LogP contribution in [0.4, 0.5) is 0 Å². The second-order valence-electron chi connectivity index (χ2n) is 5.96. The largest absolute Gasteiger partial charge is 0.350 e. The SMILES string of the molecule is N[C@@H]1c2ccccc2C[C@H]1NC(=O)Cn1ncc2ccccc21. The highest BCUT2D eigenvalue weighted by atomic mass is 16.2. The van der Waals surface area contributed by atoms with Crippen molar-refractivity contribution in [3.63, 3.8) is 0 Å². The smallest absolute Gasteiger partial charge is 0.242 e. The van der Waals surface area contributed by atoms with E-state index in [0.29, 0.717) is 0 Å². The van der Waals surface area contributed by atoms with E-state index in [1.54, 1.807) is 10.9 Å². The van der Waals surface area contributed by atoms with Gasteiger partial charge in [0.25, 0.3) is 0 Å². The van der Waals surface area contributed by atoms with Gasteiger partial charge in [-0.2, -0.15) is 5.10 Å². The normalized spacial score (nSPS) is 19.7. The molecule has 3 N–H and O–H groups in total. The number of rotatable bonds is 3. The lowest BCUT2D eigenvalue weighted by atomic mass is 10.1. The summed E-state index contributed by atoms with van der Waals surface area (Å²) >= 11 is 0. The van der Waals surface area contributed by atoms with Crippen LogP contribution in [0.25, 0.3) is 10.9 Å². The highest BCUT2D eigenvalue weighted by molar-refractivity contribution is 5.82. The standard InChI is InChI=1S/C18H18N4O/c19-18-14-7-3-1-5-12(14)9-15(18)21-17(23)11-22-16-8-4-2-6-13(16)10-20-22/h1-8,10,15,18H,9,11,19H2,(H,21,23)/t15-,18-/m1/s1. The van der Waals surface area contributed by atoms with Crippen LogP contribution in [-0.2, 0) is 17.8 Å². The van der Waals surface area contributed by atoms with Crippen LogP contribution in [0.5, 0.6) is 0 Å². The predicted molar refractivity (Wildman–Crippen MR) is 88.7 cm³/mol. The van der Waals surface area contributed by atoms with Gasteiger partial charge in [0, 0.05) is 5.39 Å². The molecule has 0 fully saturated rings. The number of fused-ring (bicyclic) bond motifs is 2. The summed E-state index contributed by atoms with van der Waals surface area (Å²) in [6.45, 7) is 0.201. The van der Waals surface area contributed by atoms with E-state index in [-0.39, 0.29) is 24.5 Å². The van der Waals surface area contributed by atoms with E-state index in [2.05, 4.69) is 16.5 Å². The van der Waals surface area contributed by atoms with Crippen molar-refractivity contribution in [1.82, 2.24) is 15.1 Å². The molecule has 1 heterocycles. The molecule has 23 heavy (non-hydrogen) atoms. The zero-order valence-corrected chi connectivity index (χ0v) is 12.6. The van der Waals surface area contributed by atoms with Gasteiger partial charge in [0.1, 0.15) is 6.54 Å².